The van der Waals surface area contributed by atoms with E-state index in [4.69, 9.17) is 4.74 Å². The van der Waals surface area contributed by atoms with Crippen LogP contribution in [0.1, 0.15) is 11.5 Å². The van der Waals surface area contributed by atoms with Crippen LogP contribution in [0.4, 0.5) is 16.2 Å². The Labute approximate surface area is 193 Å². The Morgan fingerprint density at radius 2 is 2.06 bits per heavy atom. The van der Waals surface area contributed by atoms with Crippen molar-refractivity contribution in [3.63, 3.8) is 0 Å². The van der Waals surface area contributed by atoms with Gasteiger partial charge in [-0.05, 0) is 29.8 Å². The number of anilines is 2. The second kappa shape index (κ2) is 7.89. The normalized spacial score (nSPS) is 21.3. The summed E-state index contributed by atoms with van der Waals surface area (Å²) in [7, 11) is 0. The summed E-state index contributed by atoms with van der Waals surface area (Å²) in [6.07, 6.45) is 0.688. The molecule has 6 rings (SSSR count). The molecule has 2 N–H and O–H groups in total. The number of thioether (sulfide) groups is 1. The molecule has 33 heavy (non-hydrogen) atoms. The average molecular weight is 464 g/mol. The van der Waals surface area contributed by atoms with E-state index in [-0.39, 0.29) is 23.5 Å². The Balaban J connectivity index is 1.10. The molecule has 0 unspecified atom stereocenters. The number of fused-ring (bicyclic) bond motifs is 1. The molecule has 3 aliphatic heterocycles. The molecule has 0 saturated carbocycles. The maximum absolute atomic E-state index is 12.5. The van der Waals surface area contributed by atoms with E-state index < -0.39 is 6.09 Å². The van der Waals surface area contributed by atoms with Crippen LogP contribution >= 0.6 is 11.8 Å². The molecular weight excluding hydrogens is 442 g/mol. The molecule has 3 aromatic rings. The molecule has 3 aliphatic rings. The van der Waals surface area contributed by atoms with E-state index in [2.05, 4.69) is 15.6 Å². The molecule has 4 heterocycles. The Kier molecular flexibility index (Phi) is 4.84. The molecule has 1 fully saturated rings. The molecule has 9 nitrogen and oxygen atoms in total. The molecular formula is C23H21N5O4S. The van der Waals surface area contributed by atoms with Crippen LogP contribution in [0.3, 0.4) is 0 Å². The summed E-state index contributed by atoms with van der Waals surface area (Å²) in [5.74, 6) is 0.511. The molecule has 0 bridgehead atoms. The Morgan fingerprint density at radius 1 is 1.15 bits per heavy atom. The Morgan fingerprint density at radius 3 is 2.97 bits per heavy atom. The maximum Gasteiger partial charge on any atom is 0.414 e. The largest absolute Gasteiger partial charge is 0.443 e. The number of nitrogens with one attached hydrogen (secondary N) is 2. The van der Waals surface area contributed by atoms with Crippen molar-refractivity contribution in [1.82, 2.24) is 14.9 Å². The summed E-state index contributed by atoms with van der Waals surface area (Å²) in [4.78, 5) is 43.2. The smallest absolute Gasteiger partial charge is 0.414 e. The number of amides is 2. The fraction of sp³-hybridized carbons (Fsp3) is 0.304. The number of carbonyl (C=O) groups excluding carboxylic acids is 2. The predicted octanol–water partition coefficient (Wildman–Crippen LogP) is 2.15. The van der Waals surface area contributed by atoms with Gasteiger partial charge in [-0.15, -0.1) is 11.8 Å². The second-order valence-electron chi connectivity index (χ2n) is 8.41. The zero-order valence-electron chi connectivity index (χ0n) is 17.6. The zero-order chi connectivity index (χ0) is 22.5. The summed E-state index contributed by atoms with van der Waals surface area (Å²) in [5.41, 5.74) is 4.20. The van der Waals surface area contributed by atoms with Gasteiger partial charge in [0, 0.05) is 36.1 Å². The van der Waals surface area contributed by atoms with Crippen LogP contribution in [-0.4, -0.2) is 53.0 Å². The number of benzene rings is 2. The SMILES string of the molecule is O=C1CSc2ccc(N3C[C@H](CNC[C@@H]4Cn5c(=O)cnc6cccc4c65)OC3=O)cc2N1. The zero-order valence-corrected chi connectivity index (χ0v) is 18.4. The predicted molar refractivity (Wildman–Crippen MR) is 125 cm³/mol. The van der Waals surface area contributed by atoms with Crippen LogP contribution in [0.15, 0.2) is 52.3 Å². The van der Waals surface area contributed by atoms with E-state index in [1.807, 2.05) is 36.4 Å². The number of ether oxygens (including phenoxy) is 1. The van der Waals surface area contributed by atoms with Crippen molar-refractivity contribution in [3.8, 4) is 0 Å². The van der Waals surface area contributed by atoms with Gasteiger partial charge in [-0.25, -0.2) is 9.78 Å². The number of hydrogen-bond acceptors (Lipinski definition) is 7. The molecule has 0 radical (unpaired) electrons. The van der Waals surface area contributed by atoms with Gasteiger partial charge in [0.15, 0.2) is 0 Å². The molecule has 2 aromatic carbocycles. The van der Waals surface area contributed by atoms with Crippen LogP contribution in [0.2, 0.25) is 0 Å². The maximum atomic E-state index is 12.5. The standard InChI is InChI=1S/C23H21N5O4S/c29-20-12-33-19-5-4-14(6-18(19)26-20)27-11-15(32-23(27)31)8-24-7-13-10-28-21(30)9-25-17-3-1-2-16(13)22(17)28/h1-6,9,13,15,24H,7-8,10-12H2,(H,26,29)/t13-,15+/m1/s1. The highest BCUT2D eigenvalue weighted by Gasteiger charge is 2.33. The lowest BCUT2D eigenvalue weighted by molar-refractivity contribution is -0.113. The number of carbonyl (C=O) groups is 2. The third kappa shape index (κ3) is 3.55. The lowest BCUT2D eigenvalue weighted by Gasteiger charge is -2.20. The first kappa shape index (κ1) is 20.3. The molecule has 10 heteroatoms. The highest BCUT2D eigenvalue weighted by molar-refractivity contribution is 8.00. The molecule has 168 valence electrons. The van der Waals surface area contributed by atoms with Gasteiger partial charge in [-0.1, -0.05) is 12.1 Å². The van der Waals surface area contributed by atoms with Gasteiger partial charge in [-0.2, -0.15) is 0 Å². The van der Waals surface area contributed by atoms with Gasteiger partial charge in [0.25, 0.3) is 5.56 Å². The van der Waals surface area contributed by atoms with E-state index in [0.29, 0.717) is 37.6 Å². The van der Waals surface area contributed by atoms with E-state index in [0.717, 1.165) is 27.2 Å². The van der Waals surface area contributed by atoms with Crippen molar-refractivity contribution in [3.05, 3.63) is 58.5 Å². The fourth-order valence-corrected chi connectivity index (χ4v) is 5.54. The average Bonchev–Trinajstić information content (AvgIpc) is 3.38. The van der Waals surface area contributed by atoms with Gasteiger partial charge in [0.2, 0.25) is 5.91 Å². The fourth-order valence-electron chi connectivity index (χ4n) is 4.75. The lowest BCUT2D eigenvalue weighted by atomic mass is 10.0. The topological polar surface area (TPSA) is 106 Å². The summed E-state index contributed by atoms with van der Waals surface area (Å²) >= 11 is 1.49. The second-order valence-corrected chi connectivity index (χ2v) is 9.43. The van der Waals surface area contributed by atoms with E-state index in [1.165, 1.54) is 18.0 Å². The first-order valence-electron chi connectivity index (χ1n) is 10.8. The van der Waals surface area contributed by atoms with E-state index in [9.17, 15) is 14.4 Å². The van der Waals surface area contributed by atoms with Crippen molar-refractivity contribution in [2.45, 2.75) is 23.5 Å². The van der Waals surface area contributed by atoms with Gasteiger partial charge in [0.05, 0.1) is 35.2 Å². The number of rotatable bonds is 5. The van der Waals surface area contributed by atoms with Crippen molar-refractivity contribution >= 4 is 46.2 Å². The quantitative estimate of drug-likeness (QED) is 0.597. The Hall–Kier alpha value is -3.37. The van der Waals surface area contributed by atoms with Gasteiger partial charge in [-0.3, -0.25) is 14.5 Å². The number of hydrogen-bond donors (Lipinski definition) is 2. The molecule has 1 aromatic heterocycles. The third-order valence-electron chi connectivity index (χ3n) is 6.28. The van der Waals surface area contributed by atoms with E-state index in [1.54, 1.807) is 9.47 Å². The first-order chi connectivity index (χ1) is 16.1. The number of aromatic nitrogens is 2. The summed E-state index contributed by atoms with van der Waals surface area (Å²) in [6, 6.07) is 11.5. The Bertz CT molecular complexity index is 1360. The van der Waals surface area contributed by atoms with Crippen molar-refractivity contribution in [1.29, 1.82) is 0 Å². The minimum Gasteiger partial charge on any atom is -0.443 e. The molecule has 0 spiro atoms. The highest BCUT2D eigenvalue weighted by atomic mass is 32.2. The van der Waals surface area contributed by atoms with Gasteiger partial charge in [0.1, 0.15) is 6.10 Å². The minimum atomic E-state index is -0.396. The number of cyclic esters (lactones) is 1. The van der Waals surface area contributed by atoms with Gasteiger partial charge < -0.3 is 19.9 Å². The number of nitrogens with zero attached hydrogens (tertiary/aromatic N) is 3. The van der Waals surface area contributed by atoms with Gasteiger partial charge >= 0.3 is 6.09 Å². The highest BCUT2D eigenvalue weighted by Crippen LogP contribution is 2.35. The van der Waals surface area contributed by atoms with Crippen molar-refractivity contribution in [2.75, 3.05) is 35.6 Å². The van der Waals surface area contributed by atoms with Crippen LogP contribution in [-0.2, 0) is 16.1 Å². The summed E-state index contributed by atoms with van der Waals surface area (Å²) < 4.78 is 7.35. The minimum absolute atomic E-state index is 0.0430. The summed E-state index contributed by atoms with van der Waals surface area (Å²) in [6.45, 7) is 2.21. The number of para-hydroxylation sites is 1. The van der Waals surface area contributed by atoms with Crippen LogP contribution < -0.4 is 21.1 Å². The van der Waals surface area contributed by atoms with Crippen LogP contribution in [0.25, 0.3) is 11.0 Å². The summed E-state index contributed by atoms with van der Waals surface area (Å²) in [5, 5.41) is 6.27. The molecule has 2 atom stereocenters. The first-order valence-corrected chi connectivity index (χ1v) is 11.8. The third-order valence-corrected chi connectivity index (χ3v) is 7.36. The van der Waals surface area contributed by atoms with Crippen LogP contribution in [0, 0.1) is 0 Å². The van der Waals surface area contributed by atoms with Crippen molar-refractivity contribution < 1.29 is 14.3 Å². The van der Waals surface area contributed by atoms with E-state index >= 15 is 0 Å². The lowest BCUT2D eigenvalue weighted by Crippen LogP contribution is -2.33. The molecule has 0 aliphatic carbocycles. The monoisotopic (exact) mass is 463 g/mol. The van der Waals surface area contributed by atoms with Crippen molar-refractivity contribution in [2.24, 2.45) is 0 Å². The molecule has 2 amide bonds. The molecule has 1 saturated heterocycles. The van der Waals surface area contributed by atoms with Crippen LogP contribution in [0.5, 0.6) is 0 Å².